The molecule has 1 aliphatic rings. The Balaban J connectivity index is 1.70. The molecule has 1 amide bonds. The van der Waals surface area contributed by atoms with Crippen LogP contribution in [-0.2, 0) is 4.79 Å². The van der Waals surface area contributed by atoms with Gasteiger partial charge in [0.05, 0.1) is 0 Å². The molecular weight excluding hydrogens is 226 g/mol. The molecule has 0 aliphatic heterocycles. The molecule has 1 aromatic rings. The maximum atomic E-state index is 11.5. The van der Waals surface area contributed by atoms with Gasteiger partial charge >= 0.3 is 0 Å². The number of nitrogens with one attached hydrogen (secondary N) is 2. The molecule has 2 rings (SSSR count). The fourth-order valence-corrected chi connectivity index (χ4v) is 1.73. The van der Waals surface area contributed by atoms with Gasteiger partial charge in [-0.25, -0.2) is 0 Å². The number of nitrogens with zero attached hydrogens (tertiary/aromatic N) is 1. The van der Waals surface area contributed by atoms with Crippen LogP contribution < -0.4 is 15.5 Å². The number of carbonyl (C=O) groups excluding carboxylic acids is 1. The van der Waals surface area contributed by atoms with Crippen molar-refractivity contribution in [3.05, 3.63) is 24.3 Å². The molecule has 0 heterocycles. The number of rotatable bonds is 6. The lowest BCUT2D eigenvalue weighted by atomic mass is 10.2. The van der Waals surface area contributed by atoms with E-state index in [9.17, 15) is 4.79 Å². The van der Waals surface area contributed by atoms with E-state index in [0.29, 0.717) is 19.0 Å². The Kier molecular flexibility index (Phi) is 4.07. The number of hydrogen-bond donors (Lipinski definition) is 2. The molecule has 0 aromatic heterocycles. The molecule has 0 spiro atoms. The molecule has 18 heavy (non-hydrogen) atoms. The van der Waals surface area contributed by atoms with Crippen molar-refractivity contribution in [2.45, 2.75) is 25.3 Å². The Morgan fingerprint density at radius 2 is 1.94 bits per heavy atom. The van der Waals surface area contributed by atoms with Gasteiger partial charge in [-0.3, -0.25) is 4.79 Å². The van der Waals surface area contributed by atoms with Crippen LogP contribution in [0, 0.1) is 0 Å². The highest BCUT2D eigenvalue weighted by molar-refractivity contribution is 5.77. The van der Waals surface area contributed by atoms with Gasteiger partial charge in [0.2, 0.25) is 5.91 Å². The summed E-state index contributed by atoms with van der Waals surface area (Å²) in [6, 6.07) is 8.65. The number of amides is 1. The van der Waals surface area contributed by atoms with Gasteiger partial charge < -0.3 is 15.5 Å². The SMILES string of the molecule is CN(C)c1ccc(NCCC(=O)NC2CC2)cc1. The highest BCUT2D eigenvalue weighted by Gasteiger charge is 2.22. The van der Waals surface area contributed by atoms with Gasteiger partial charge in [0.1, 0.15) is 0 Å². The molecule has 1 aliphatic carbocycles. The highest BCUT2D eigenvalue weighted by Crippen LogP contribution is 2.18. The molecule has 0 unspecified atom stereocenters. The first-order valence-electron chi connectivity index (χ1n) is 6.46. The molecule has 1 aromatic carbocycles. The summed E-state index contributed by atoms with van der Waals surface area (Å²) in [6.07, 6.45) is 2.82. The zero-order valence-electron chi connectivity index (χ0n) is 11.1. The Morgan fingerprint density at radius 3 is 2.50 bits per heavy atom. The first-order chi connectivity index (χ1) is 8.65. The van der Waals surface area contributed by atoms with Crippen molar-refractivity contribution in [3.8, 4) is 0 Å². The summed E-state index contributed by atoms with van der Waals surface area (Å²) in [7, 11) is 4.04. The Morgan fingerprint density at radius 1 is 1.28 bits per heavy atom. The van der Waals surface area contributed by atoms with E-state index in [0.717, 1.165) is 18.5 Å². The lowest BCUT2D eigenvalue weighted by molar-refractivity contribution is -0.120. The first-order valence-corrected chi connectivity index (χ1v) is 6.46. The molecule has 0 bridgehead atoms. The summed E-state index contributed by atoms with van der Waals surface area (Å²) in [5.41, 5.74) is 2.23. The summed E-state index contributed by atoms with van der Waals surface area (Å²) < 4.78 is 0. The van der Waals surface area contributed by atoms with E-state index in [1.165, 1.54) is 5.69 Å². The van der Waals surface area contributed by atoms with Crippen LogP contribution in [0.25, 0.3) is 0 Å². The number of anilines is 2. The van der Waals surface area contributed by atoms with Crippen molar-refractivity contribution in [2.24, 2.45) is 0 Å². The van der Waals surface area contributed by atoms with Gasteiger partial charge in [-0.05, 0) is 37.1 Å². The van der Waals surface area contributed by atoms with Crippen molar-refractivity contribution >= 4 is 17.3 Å². The van der Waals surface area contributed by atoms with Crippen LogP contribution in [-0.4, -0.2) is 32.6 Å². The number of carbonyl (C=O) groups is 1. The summed E-state index contributed by atoms with van der Waals surface area (Å²) in [5.74, 6) is 0.148. The second-order valence-electron chi connectivity index (χ2n) is 4.96. The van der Waals surface area contributed by atoms with Crippen LogP contribution in [0.2, 0.25) is 0 Å². The minimum atomic E-state index is 0.148. The Hall–Kier alpha value is -1.71. The minimum Gasteiger partial charge on any atom is -0.385 e. The van der Waals surface area contributed by atoms with Crippen LogP contribution in [0.3, 0.4) is 0 Å². The minimum absolute atomic E-state index is 0.148. The van der Waals surface area contributed by atoms with Crippen molar-refractivity contribution in [3.63, 3.8) is 0 Å². The third kappa shape index (κ3) is 3.95. The highest BCUT2D eigenvalue weighted by atomic mass is 16.1. The zero-order valence-corrected chi connectivity index (χ0v) is 11.1. The van der Waals surface area contributed by atoms with Gasteiger partial charge in [-0.1, -0.05) is 0 Å². The van der Waals surface area contributed by atoms with Crippen LogP contribution in [0.1, 0.15) is 19.3 Å². The largest absolute Gasteiger partial charge is 0.385 e. The van der Waals surface area contributed by atoms with E-state index in [1.54, 1.807) is 0 Å². The standard InChI is InChI=1S/C14H21N3O/c1-17(2)13-7-5-11(6-8-13)15-10-9-14(18)16-12-3-4-12/h5-8,12,15H,3-4,9-10H2,1-2H3,(H,16,18). The fraction of sp³-hybridized carbons (Fsp3) is 0.500. The summed E-state index contributed by atoms with van der Waals surface area (Å²) in [5, 5.41) is 6.23. The molecule has 2 N–H and O–H groups in total. The van der Waals surface area contributed by atoms with Gasteiger partial charge in [-0.15, -0.1) is 0 Å². The summed E-state index contributed by atoms with van der Waals surface area (Å²) in [6.45, 7) is 0.680. The smallest absolute Gasteiger partial charge is 0.221 e. The number of hydrogen-bond acceptors (Lipinski definition) is 3. The normalized spacial score (nSPS) is 14.1. The van der Waals surface area contributed by atoms with Crippen molar-refractivity contribution in [2.75, 3.05) is 30.9 Å². The predicted octanol–water partition coefficient (Wildman–Crippen LogP) is 1.83. The quantitative estimate of drug-likeness (QED) is 0.806. The predicted molar refractivity (Wildman–Crippen MR) is 75.0 cm³/mol. The van der Waals surface area contributed by atoms with E-state index in [-0.39, 0.29) is 5.91 Å². The van der Waals surface area contributed by atoms with E-state index >= 15 is 0 Å². The van der Waals surface area contributed by atoms with Crippen LogP contribution in [0.15, 0.2) is 24.3 Å². The van der Waals surface area contributed by atoms with E-state index in [1.807, 2.05) is 26.2 Å². The molecular formula is C14H21N3O. The maximum absolute atomic E-state index is 11.5. The third-order valence-electron chi connectivity index (χ3n) is 3.01. The zero-order chi connectivity index (χ0) is 13.0. The van der Waals surface area contributed by atoms with Crippen LogP contribution in [0.5, 0.6) is 0 Å². The van der Waals surface area contributed by atoms with Gasteiger partial charge in [0, 0.05) is 44.5 Å². The molecule has 0 radical (unpaired) electrons. The summed E-state index contributed by atoms with van der Waals surface area (Å²) >= 11 is 0. The average molecular weight is 247 g/mol. The fourth-order valence-electron chi connectivity index (χ4n) is 1.73. The molecule has 4 heteroatoms. The van der Waals surface area contributed by atoms with Crippen molar-refractivity contribution in [1.82, 2.24) is 5.32 Å². The molecule has 0 atom stereocenters. The van der Waals surface area contributed by atoms with Crippen LogP contribution in [0.4, 0.5) is 11.4 Å². The van der Waals surface area contributed by atoms with Crippen molar-refractivity contribution in [1.29, 1.82) is 0 Å². The Labute approximate surface area is 108 Å². The van der Waals surface area contributed by atoms with Gasteiger partial charge in [0.15, 0.2) is 0 Å². The maximum Gasteiger partial charge on any atom is 0.221 e. The van der Waals surface area contributed by atoms with Gasteiger partial charge in [0.25, 0.3) is 0 Å². The molecule has 98 valence electrons. The van der Waals surface area contributed by atoms with Crippen LogP contribution >= 0.6 is 0 Å². The third-order valence-corrected chi connectivity index (χ3v) is 3.01. The second-order valence-corrected chi connectivity index (χ2v) is 4.96. The molecule has 1 fully saturated rings. The Bertz CT molecular complexity index is 396. The number of benzene rings is 1. The lowest BCUT2D eigenvalue weighted by Crippen LogP contribution is -2.27. The molecule has 4 nitrogen and oxygen atoms in total. The van der Waals surface area contributed by atoms with E-state index < -0.39 is 0 Å². The van der Waals surface area contributed by atoms with Gasteiger partial charge in [-0.2, -0.15) is 0 Å². The lowest BCUT2D eigenvalue weighted by Gasteiger charge is -2.13. The van der Waals surface area contributed by atoms with E-state index in [4.69, 9.17) is 0 Å². The second kappa shape index (κ2) is 5.76. The van der Waals surface area contributed by atoms with E-state index in [2.05, 4.69) is 27.7 Å². The first kappa shape index (κ1) is 12.7. The summed E-state index contributed by atoms with van der Waals surface area (Å²) in [4.78, 5) is 13.5. The monoisotopic (exact) mass is 247 g/mol. The average Bonchev–Trinajstić information content (AvgIpc) is 3.13. The van der Waals surface area contributed by atoms with Crippen molar-refractivity contribution < 1.29 is 4.79 Å². The molecule has 0 saturated heterocycles. The topological polar surface area (TPSA) is 44.4 Å². The molecule has 1 saturated carbocycles.